The molecule has 0 atom stereocenters. The van der Waals surface area contributed by atoms with Crippen molar-refractivity contribution in [1.29, 1.82) is 0 Å². The van der Waals surface area contributed by atoms with Crippen LogP contribution < -0.4 is 5.73 Å². The van der Waals surface area contributed by atoms with Crippen LogP contribution in [-0.4, -0.2) is 4.98 Å². The highest BCUT2D eigenvalue weighted by molar-refractivity contribution is 6.30. The van der Waals surface area contributed by atoms with Crippen LogP contribution in [0.5, 0.6) is 0 Å². The molecule has 1 aromatic rings. The summed E-state index contributed by atoms with van der Waals surface area (Å²) < 4.78 is 0. The summed E-state index contributed by atoms with van der Waals surface area (Å²) in [5.74, 6) is 1.24. The van der Waals surface area contributed by atoms with Gasteiger partial charge in [0, 0.05) is 6.20 Å². The molecule has 1 aliphatic rings. The summed E-state index contributed by atoms with van der Waals surface area (Å²) in [5, 5.41) is 0.691. The number of hydrogen-bond donors (Lipinski definition) is 1. The van der Waals surface area contributed by atoms with Gasteiger partial charge in [-0.2, -0.15) is 0 Å². The fraction of sp³-hybridized carbons (Fsp3) is 0.500. The fourth-order valence-corrected chi connectivity index (χ4v) is 2.20. The third kappa shape index (κ3) is 1.78. The van der Waals surface area contributed by atoms with Crippen LogP contribution in [0, 0.1) is 0 Å². The highest BCUT2D eigenvalue weighted by atomic mass is 35.5. The van der Waals surface area contributed by atoms with Gasteiger partial charge in [-0.15, -0.1) is 0 Å². The van der Waals surface area contributed by atoms with Crippen molar-refractivity contribution in [2.75, 3.05) is 5.73 Å². The average Bonchev–Trinajstić information content (AvgIpc) is 2.61. The molecule has 0 bridgehead atoms. The van der Waals surface area contributed by atoms with Crippen molar-refractivity contribution in [3.8, 4) is 0 Å². The third-order valence-corrected chi connectivity index (χ3v) is 2.92. The zero-order valence-corrected chi connectivity index (χ0v) is 8.22. The van der Waals surface area contributed by atoms with Crippen LogP contribution in [0.3, 0.4) is 0 Å². The molecular weight excluding hydrogens is 184 g/mol. The molecular formula is C10H13ClN2. The molecule has 2 nitrogen and oxygen atoms in total. The van der Waals surface area contributed by atoms with Gasteiger partial charge in [0.05, 0.1) is 5.02 Å². The van der Waals surface area contributed by atoms with E-state index in [-0.39, 0.29) is 0 Å². The fourth-order valence-electron chi connectivity index (χ4n) is 2.03. The van der Waals surface area contributed by atoms with Gasteiger partial charge in [0.15, 0.2) is 0 Å². The van der Waals surface area contributed by atoms with Gasteiger partial charge in [-0.3, -0.25) is 0 Å². The topological polar surface area (TPSA) is 38.9 Å². The van der Waals surface area contributed by atoms with Crippen LogP contribution in [0.25, 0.3) is 0 Å². The van der Waals surface area contributed by atoms with Gasteiger partial charge in [-0.05, 0) is 30.4 Å². The highest BCUT2D eigenvalue weighted by Gasteiger charge is 2.19. The van der Waals surface area contributed by atoms with E-state index in [1.54, 1.807) is 6.20 Å². The van der Waals surface area contributed by atoms with E-state index in [1.807, 2.05) is 6.07 Å². The number of nitrogens with zero attached hydrogens (tertiary/aromatic N) is 1. The first-order valence-corrected chi connectivity index (χ1v) is 5.06. The molecule has 1 fully saturated rings. The number of nitrogen functional groups attached to an aromatic ring is 1. The van der Waals surface area contributed by atoms with E-state index in [4.69, 9.17) is 17.3 Å². The van der Waals surface area contributed by atoms with E-state index >= 15 is 0 Å². The summed E-state index contributed by atoms with van der Waals surface area (Å²) in [7, 11) is 0. The first-order chi connectivity index (χ1) is 6.27. The Morgan fingerprint density at radius 1 is 1.38 bits per heavy atom. The quantitative estimate of drug-likeness (QED) is 0.750. The van der Waals surface area contributed by atoms with Gasteiger partial charge in [0.1, 0.15) is 5.82 Å². The van der Waals surface area contributed by atoms with Crippen LogP contribution >= 0.6 is 11.6 Å². The van der Waals surface area contributed by atoms with E-state index in [9.17, 15) is 0 Å². The zero-order chi connectivity index (χ0) is 9.26. The molecule has 0 aromatic carbocycles. The Hall–Kier alpha value is -0.760. The predicted octanol–water partition coefficient (Wildman–Crippen LogP) is 2.97. The number of nitrogens with two attached hydrogens (primary N) is 1. The molecule has 0 unspecified atom stereocenters. The normalized spacial score (nSPS) is 17.9. The monoisotopic (exact) mass is 196 g/mol. The lowest BCUT2D eigenvalue weighted by Crippen LogP contribution is -2.01. The Morgan fingerprint density at radius 3 is 2.77 bits per heavy atom. The number of rotatable bonds is 1. The van der Waals surface area contributed by atoms with Gasteiger partial charge in [-0.25, -0.2) is 4.98 Å². The minimum Gasteiger partial charge on any atom is -0.383 e. The lowest BCUT2D eigenvalue weighted by Gasteiger charge is -2.11. The van der Waals surface area contributed by atoms with Crippen molar-refractivity contribution < 1.29 is 0 Å². The van der Waals surface area contributed by atoms with Crippen molar-refractivity contribution in [2.24, 2.45) is 0 Å². The Bertz CT molecular complexity index is 306. The number of pyridine rings is 1. The minimum atomic E-state index is 0.589. The second-order valence-electron chi connectivity index (χ2n) is 3.61. The second-order valence-corrected chi connectivity index (χ2v) is 4.05. The van der Waals surface area contributed by atoms with E-state index in [2.05, 4.69) is 4.98 Å². The summed E-state index contributed by atoms with van der Waals surface area (Å²) in [6, 6.07) is 1.96. The molecule has 1 saturated carbocycles. The number of hydrogen-bond acceptors (Lipinski definition) is 2. The summed E-state index contributed by atoms with van der Waals surface area (Å²) in [5.41, 5.74) is 6.94. The van der Waals surface area contributed by atoms with Crippen molar-refractivity contribution in [2.45, 2.75) is 31.6 Å². The van der Waals surface area contributed by atoms with Crippen molar-refractivity contribution in [3.63, 3.8) is 0 Å². The Kier molecular flexibility index (Phi) is 2.40. The lowest BCUT2D eigenvalue weighted by molar-refractivity contribution is 0.722. The summed E-state index contributed by atoms with van der Waals surface area (Å²) in [6.45, 7) is 0. The van der Waals surface area contributed by atoms with Gasteiger partial charge >= 0.3 is 0 Å². The highest BCUT2D eigenvalue weighted by Crippen LogP contribution is 2.36. The Labute approximate surface area is 83.1 Å². The lowest BCUT2D eigenvalue weighted by atomic mass is 9.98. The van der Waals surface area contributed by atoms with Crippen molar-refractivity contribution >= 4 is 17.4 Å². The maximum absolute atomic E-state index is 5.88. The predicted molar refractivity (Wildman–Crippen MR) is 54.9 cm³/mol. The first kappa shape index (κ1) is 8.82. The second kappa shape index (κ2) is 3.54. The maximum Gasteiger partial charge on any atom is 0.126 e. The molecule has 2 rings (SSSR count). The van der Waals surface area contributed by atoms with E-state index < -0.39 is 0 Å². The summed E-state index contributed by atoms with van der Waals surface area (Å²) in [6.07, 6.45) is 6.67. The van der Waals surface area contributed by atoms with Crippen LogP contribution in [-0.2, 0) is 0 Å². The molecule has 0 radical (unpaired) electrons. The molecule has 1 aromatic heterocycles. The molecule has 0 saturated heterocycles. The van der Waals surface area contributed by atoms with Gasteiger partial charge in [0.25, 0.3) is 0 Å². The van der Waals surface area contributed by atoms with Crippen LogP contribution in [0.15, 0.2) is 12.3 Å². The molecule has 1 aliphatic carbocycles. The molecule has 13 heavy (non-hydrogen) atoms. The van der Waals surface area contributed by atoms with Crippen molar-refractivity contribution in [3.05, 3.63) is 22.8 Å². The number of aromatic nitrogens is 1. The number of anilines is 1. The molecule has 0 spiro atoms. The van der Waals surface area contributed by atoms with Gasteiger partial charge < -0.3 is 5.73 Å². The van der Waals surface area contributed by atoms with Gasteiger partial charge in [-0.1, -0.05) is 24.4 Å². The number of halogens is 1. The summed E-state index contributed by atoms with van der Waals surface area (Å²) in [4.78, 5) is 4.07. The summed E-state index contributed by atoms with van der Waals surface area (Å²) >= 11 is 5.88. The SMILES string of the molecule is Nc1ncc(Cl)cc1C1CCCC1. The smallest absolute Gasteiger partial charge is 0.126 e. The molecule has 1 heterocycles. The van der Waals surface area contributed by atoms with E-state index in [0.717, 1.165) is 5.56 Å². The standard InChI is InChI=1S/C10H13ClN2/c11-8-5-9(10(12)13-6-8)7-3-1-2-4-7/h5-7H,1-4H2,(H2,12,13). The third-order valence-electron chi connectivity index (χ3n) is 2.71. The molecule has 0 amide bonds. The minimum absolute atomic E-state index is 0.589. The molecule has 0 aliphatic heterocycles. The van der Waals surface area contributed by atoms with Crippen molar-refractivity contribution in [1.82, 2.24) is 4.98 Å². The molecule has 70 valence electrons. The molecule has 3 heteroatoms. The maximum atomic E-state index is 5.88. The van der Waals surface area contributed by atoms with Crippen LogP contribution in [0.1, 0.15) is 37.2 Å². The largest absolute Gasteiger partial charge is 0.383 e. The van der Waals surface area contributed by atoms with Crippen LogP contribution in [0.2, 0.25) is 5.02 Å². The zero-order valence-electron chi connectivity index (χ0n) is 7.46. The average molecular weight is 197 g/mol. The van der Waals surface area contributed by atoms with E-state index in [1.165, 1.54) is 25.7 Å². The van der Waals surface area contributed by atoms with E-state index in [0.29, 0.717) is 16.8 Å². The Balaban J connectivity index is 2.32. The first-order valence-electron chi connectivity index (χ1n) is 4.68. The Morgan fingerprint density at radius 2 is 2.08 bits per heavy atom. The van der Waals surface area contributed by atoms with Gasteiger partial charge in [0.2, 0.25) is 0 Å². The van der Waals surface area contributed by atoms with Crippen LogP contribution in [0.4, 0.5) is 5.82 Å². The molecule has 2 N–H and O–H groups in total.